The summed E-state index contributed by atoms with van der Waals surface area (Å²) in [4.78, 5) is 33.6. The topological polar surface area (TPSA) is 65.5 Å². The Bertz CT molecular complexity index is 1060. The molecule has 0 radical (unpaired) electrons. The number of pyridine rings is 1. The van der Waals surface area contributed by atoms with Crippen LogP contribution in [0.25, 0.3) is 0 Å². The highest BCUT2D eigenvalue weighted by atomic mass is 16.2. The van der Waals surface area contributed by atoms with E-state index in [2.05, 4.69) is 22.2 Å². The lowest BCUT2D eigenvalue weighted by Crippen LogP contribution is -2.47. The van der Waals surface area contributed by atoms with Crippen molar-refractivity contribution in [3.8, 4) is 0 Å². The summed E-state index contributed by atoms with van der Waals surface area (Å²) in [6.07, 6.45) is 3.94. The number of hydrogen-bond acceptors (Lipinski definition) is 4. The molecule has 158 valence electrons. The first-order valence-electron chi connectivity index (χ1n) is 10.5. The van der Waals surface area contributed by atoms with Crippen LogP contribution in [0, 0.1) is 0 Å². The maximum atomic E-state index is 12.9. The second-order valence-electron chi connectivity index (χ2n) is 7.86. The fourth-order valence-electron chi connectivity index (χ4n) is 3.70. The second-order valence-corrected chi connectivity index (χ2v) is 7.86. The van der Waals surface area contributed by atoms with Gasteiger partial charge in [-0.05, 0) is 61.0 Å². The molecular formula is C25H26N4O2. The van der Waals surface area contributed by atoms with Gasteiger partial charge in [-0.25, -0.2) is 0 Å². The van der Waals surface area contributed by atoms with E-state index in [0.29, 0.717) is 23.2 Å². The van der Waals surface area contributed by atoms with E-state index < -0.39 is 0 Å². The molecule has 31 heavy (non-hydrogen) atoms. The number of hydrogen-bond donors (Lipinski definition) is 1. The van der Waals surface area contributed by atoms with Gasteiger partial charge in [0.25, 0.3) is 11.8 Å². The summed E-state index contributed by atoms with van der Waals surface area (Å²) in [7, 11) is 2.08. The Morgan fingerprint density at radius 2 is 1.48 bits per heavy atom. The zero-order valence-corrected chi connectivity index (χ0v) is 17.6. The first-order chi connectivity index (χ1) is 15.1. The summed E-state index contributed by atoms with van der Waals surface area (Å²) in [5.41, 5.74) is 4.09. The first-order valence-corrected chi connectivity index (χ1v) is 10.5. The molecule has 0 bridgehead atoms. The highest BCUT2D eigenvalue weighted by molar-refractivity contribution is 6.04. The summed E-state index contributed by atoms with van der Waals surface area (Å²) >= 11 is 0. The SMILES string of the molecule is CN1CCN(C(=O)c2cccc(Cc3cccc(C(=O)Nc4ccncc4)c3)c2)CC1. The van der Waals surface area contributed by atoms with Gasteiger partial charge in [0.05, 0.1) is 0 Å². The summed E-state index contributed by atoms with van der Waals surface area (Å²) in [6.45, 7) is 3.32. The Balaban J connectivity index is 1.45. The van der Waals surface area contributed by atoms with Crippen molar-refractivity contribution in [3.05, 3.63) is 95.3 Å². The summed E-state index contributed by atoms with van der Waals surface area (Å²) in [6, 6.07) is 18.9. The third kappa shape index (κ3) is 5.35. The third-order valence-corrected chi connectivity index (χ3v) is 5.50. The van der Waals surface area contributed by atoms with Gasteiger partial charge in [0, 0.05) is 55.4 Å². The molecule has 1 saturated heterocycles. The molecule has 2 heterocycles. The number of amides is 2. The lowest BCUT2D eigenvalue weighted by atomic mass is 10.0. The van der Waals surface area contributed by atoms with E-state index in [1.165, 1.54) is 0 Å². The van der Waals surface area contributed by atoms with Crippen LogP contribution in [0.5, 0.6) is 0 Å². The van der Waals surface area contributed by atoms with Crippen LogP contribution in [0.2, 0.25) is 0 Å². The van der Waals surface area contributed by atoms with E-state index in [1.54, 1.807) is 30.6 Å². The Hall–Kier alpha value is -3.51. The van der Waals surface area contributed by atoms with E-state index in [0.717, 1.165) is 37.3 Å². The number of nitrogens with zero attached hydrogens (tertiary/aromatic N) is 3. The lowest BCUT2D eigenvalue weighted by molar-refractivity contribution is 0.0664. The van der Waals surface area contributed by atoms with Crippen molar-refractivity contribution >= 4 is 17.5 Å². The standard InChI is InChI=1S/C25H26N4O2/c1-28-12-14-29(15-13-28)25(31)22-7-3-5-20(18-22)16-19-4-2-6-21(17-19)24(30)27-23-8-10-26-11-9-23/h2-11,17-18H,12-16H2,1H3,(H,26,27,30). The van der Waals surface area contributed by atoms with Gasteiger partial charge >= 0.3 is 0 Å². The van der Waals surface area contributed by atoms with Crippen LogP contribution < -0.4 is 5.32 Å². The summed E-state index contributed by atoms with van der Waals surface area (Å²) in [5.74, 6) is -0.0764. The number of anilines is 1. The average molecular weight is 415 g/mol. The molecule has 1 N–H and O–H groups in total. The Morgan fingerprint density at radius 3 is 2.16 bits per heavy atom. The molecule has 1 aliphatic rings. The summed E-state index contributed by atoms with van der Waals surface area (Å²) in [5, 5.41) is 2.88. The van der Waals surface area contributed by atoms with Crippen molar-refractivity contribution in [2.24, 2.45) is 0 Å². The second kappa shape index (κ2) is 9.53. The number of carbonyl (C=O) groups excluding carboxylic acids is 2. The van der Waals surface area contributed by atoms with Crippen LogP contribution in [0.1, 0.15) is 31.8 Å². The minimum Gasteiger partial charge on any atom is -0.336 e. The van der Waals surface area contributed by atoms with Gasteiger partial charge in [-0.3, -0.25) is 14.6 Å². The number of benzene rings is 2. The van der Waals surface area contributed by atoms with Crippen LogP contribution in [0.3, 0.4) is 0 Å². The van der Waals surface area contributed by atoms with Crippen LogP contribution in [-0.2, 0) is 6.42 Å². The molecule has 0 saturated carbocycles. The number of likely N-dealkylation sites (N-methyl/N-ethyl adjacent to an activating group) is 1. The quantitative estimate of drug-likeness (QED) is 0.696. The molecule has 6 nitrogen and oxygen atoms in total. The van der Waals surface area contributed by atoms with Gasteiger partial charge in [0.2, 0.25) is 0 Å². The van der Waals surface area contributed by atoms with Gasteiger partial charge in [0.15, 0.2) is 0 Å². The molecular weight excluding hydrogens is 388 g/mol. The van der Waals surface area contributed by atoms with Gasteiger partial charge in [-0.2, -0.15) is 0 Å². The predicted octanol–water partition coefficient (Wildman–Crippen LogP) is 3.31. The molecule has 2 aromatic carbocycles. The van der Waals surface area contributed by atoms with E-state index in [4.69, 9.17) is 0 Å². The van der Waals surface area contributed by atoms with Crippen molar-refractivity contribution < 1.29 is 9.59 Å². The smallest absolute Gasteiger partial charge is 0.255 e. The summed E-state index contributed by atoms with van der Waals surface area (Å²) < 4.78 is 0. The highest BCUT2D eigenvalue weighted by Crippen LogP contribution is 2.16. The molecule has 4 rings (SSSR count). The van der Waals surface area contributed by atoms with Crippen molar-refractivity contribution in [3.63, 3.8) is 0 Å². The third-order valence-electron chi connectivity index (χ3n) is 5.50. The van der Waals surface area contributed by atoms with Crippen LogP contribution in [-0.4, -0.2) is 59.8 Å². The maximum Gasteiger partial charge on any atom is 0.255 e. The molecule has 0 atom stereocenters. The van der Waals surface area contributed by atoms with Gasteiger partial charge in [-0.1, -0.05) is 24.3 Å². The molecule has 6 heteroatoms. The first kappa shape index (κ1) is 20.8. The molecule has 0 unspecified atom stereocenters. The molecule has 0 spiro atoms. The molecule has 1 aromatic heterocycles. The van der Waals surface area contributed by atoms with Crippen molar-refractivity contribution in [2.45, 2.75) is 6.42 Å². The van der Waals surface area contributed by atoms with E-state index in [9.17, 15) is 9.59 Å². The van der Waals surface area contributed by atoms with Crippen molar-refractivity contribution in [1.29, 1.82) is 0 Å². The molecule has 2 amide bonds. The molecule has 1 aliphatic heterocycles. The van der Waals surface area contributed by atoms with Crippen LogP contribution >= 0.6 is 0 Å². The zero-order valence-electron chi connectivity index (χ0n) is 17.6. The normalized spacial score (nSPS) is 14.3. The highest BCUT2D eigenvalue weighted by Gasteiger charge is 2.20. The Morgan fingerprint density at radius 1 is 0.871 bits per heavy atom. The fraction of sp³-hybridized carbons (Fsp3) is 0.240. The van der Waals surface area contributed by atoms with E-state index in [1.807, 2.05) is 47.4 Å². The van der Waals surface area contributed by atoms with Crippen LogP contribution in [0.4, 0.5) is 5.69 Å². The number of rotatable bonds is 5. The largest absolute Gasteiger partial charge is 0.336 e. The number of piperazine rings is 1. The van der Waals surface area contributed by atoms with Crippen molar-refractivity contribution in [1.82, 2.24) is 14.8 Å². The number of nitrogens with one attached hydrogen (secondary N) is 1. The van der Waals surface area contributed by atoms with E-state index >= 15 is 0 Å². The fourth-order valence-corrected chi connectivity index (χ4v) is 3.70. The monoisotopic (exact) mass is 414 g/mol. The Kier molecular flexibility index (Phi) is 6.38. The number of carbonyl (C=O) groups is 2. The minimum atomic E-state index is -0.160. The van der Waals surface area contributed by atoms with E-state index in [-0.39, 0.29) is 11.8 Å². The van der Waals surface area contributed by atoms with Gasteiger partial charge in [-0.15, -0.1) is 0 Å². The molecule has 0 aliphatic carbocycles. The molecule has 3 aromatic rings. The van der Waals surface area contributed by atoms with Crippen molar-refractivity contribution in [2.75, 3.05) is 38.5 Å². The number of aromatic nitrogens is 1. The molecule has 1 fully saturated rings. The average Bonchev–Trinajstić information content (AvgIpc) is 2.80. The maximum absolute atomic E-state index is 12.9. The predicted molar refractivity (Wildman–Crippen MR) is 121 cm³/mol. The zero-order chi connectivity index (χ0) is 21.6. The minimum absolute atomic E-state index is 0.0837. The van der Waals surface area contributed by atoms with Gasteiger partial charge < -0.3 is 15.1 Å². The Labute approximate surface area is 182 Å². The lowest BCUT2D eigenvalue weighted by Gasteiger charge is -2.32. The van der Waals surface area contributed by atoms with Crippen LogP contribution in [0.15, 0.2) is 73.1 Å². The van der Waals surface area contributed by atoms with Gasteiger partial charge in [0.1, 0.15) is 0 Å².